The maximum Gasteiger partial charge on any atom is 0.326 e. The van der Waals surface area contributed by atoms with Crippen LogP contribution in [0.1, 0.15) is 23.2 Å². The summed E-state index contributed by atoms with van der Waals surface area (Å²) in [5, 5.41) is 20.1. The molecule has 2 heterocycles. The molecule has 8 heteroatoms. The van der Waals surface area contributed by atoms with Crippen molar-refractivity contribution in [1.29, 1.82) is 5.26 Å². The van der Waals surface area contributed by atoms with Crippen molar-refractivity contribution in [2.24, 2.45) is 0 Å². The van der Waals surface area contributed by atoms with Crippen LogP contribution in [0.5, 0.6) is 0 Å². The van der Waals surface area contributed by atoms with Gasteiger partial charge in [-0.1, -0.05) is 30.3 Å². The minimum Gasteiger partial charge on any atom is -0.480 e. The molecule has 0 amide bonds. The van der Waals surface area contributed by atoms with Gasteiger partial charge in [-0.05, 0) is 42.2 Å². The number of aromatic amines is 1. The van der Waals surface area contributed by atoms with Gasteiger partial charge in [-0.25, -0.2) is 9.78 Å². The summed E-state index contributed by atoms with van der Waals surface area (Å²) in [4.78, 5) is 21.9. The lowest BCUT2D eigenvalue weighted by molar-refractivity contribution is -0.138. The number of aliphatic carboxylic acids is 1. The number of anilines is 1. The average molecular weight is 474 g/mol. The molecule has 0 unspecified atom stereocenters. The maximum absolute atomic E-state index is 12.3. The Morgan fingerprint density at radius 2 is 2.06 bits per heavy atom. The van der Waals surface area contributed by atoms with E-state index in [0.29, 0.717) is 31.5 Å². The summed E-state index contributed by atoms with van der Waals surface area (Å²) < 4.78 is 2.08. The number of hydrogen-bond acceptors (Lipinski definition) is 5. The van der Waals surface area contributed by atoms with Gasteiger partial charge in [0.15, 0.2) is 0 Å². The van der Waals surface area contributed by atoms with E-state index in [0.717, 1.165) is 33.6 Å². The number of carboxylic acids is 1. The zero-order valence-corrected chi connectivity index (χ0v) is 19.8. The van der Waals surface area contributed by atoms with Crippen LogP contribution < -0.4 is 4.90 Å². The molecule has 34 heavy (non-hydrogen) atoms. The molecule has 0 saturated carbocycles. The summed E-state index contributed by atoms with van der Waals surface area (Å²) in [5.74, 6) is -0.0441. The Balaban J connectivity index is 1.58. The summed E-state index contributed by atoms with van der Waals surface area (Å²) in [6, 6.07) is 17.0. The molecule has 0 aliphatic carbocycles. The molecule has 2 aromatic heterocycles. The van der Waals surface area contributed by atoms with Crippen LogP contribution >= 0.6 is 11.8 Å². The summed E-state index contributed by atoms with van der Waals surface area (Å²) in [5.41, 5.74) is 4.64. The average Bonchev–Trinajstić information content (AvgIpc) is 3.48. The Morgan fingerprint density at radius 3 is 2.79 bits per heavy atom. The lowest BCUT2D eigenvalue weighted by Gasteiger charge is -2.30. The predicted molar refractivity (Wildman–Crippen MR) is 136 cm³/mol. The number of nitrogens with one attached hydrogen (secondary N) is 1. The van der Waals surface area contributed by atoms with E-state index in [9.17, 15) is 9.90 Å². The molecule has 2 N–H and O–H groups in total. The molecule has 0 aliphatic rings. The van der Waals surface area contributed by atoms with Crippen molar-refractivity contribution in [3.8, 4) is 6.07 Å². The topological polar surface area (TPSA) is 97.9 Å². The van der Waals surface area contributed by atoms with Crippen molar-refractivity contribution in [2.75, 3.05) is 23.5 Å². The number of aromatic nitrogens is 3. The van der Waals surface area contributed by atoms with Gasteiger partial charge < -0.3 is 19.6 Å². The molecule has 4 aromatic rings. The number of carbonyl (C=O) groups is 1. The highest BCUT2D eigenvalue weighted by Crippen LogP contribution is 2.29. The highest BCUT2D eigenvalue weighted by atomic mass is 32.2. The van der Waals surface area contributed by atoms with Gasteiger partial charge in [-0.3, -0.25) is 0 Å². The van der Waals surface area contributed by atoms with Gasteiger partial charge in [0.05, 0.1) is 23.6 Å². The number of benzene rings is 2. The number of fused-ring (bicyclic) bond motifs is 1. The lowest BCUT2D eigenvalue weighted by Crippen LogP contribution is -2.43. The van der Waals surface area contributed by atoms with Gasteiger partial charge in [0.25, 0.3) is 0 Å². The van der Waals surface area contributed by atoms with Crippen molar-refractivity contribution < 1.29 is 9.90 Å². The van der Waals surface area contributed by atoms with E-state index < -0.39 is 12.0 Å². The van der Waals surface area contributed by atoms with Gasteiger partial charge in [-0.2, -0.15) is 17.0 Å². The number of nitriles is 1. The molecule has 0 aliphatic heterocycles. The number of imidazole rings is 1. The molecule has 4 rings (SSSR count). The van der Waals surface area contributed by atoms with Gasteiger partial charge >= 0.3 is 5.97 Å². The van der Waals surface area contributed by atoms with E-state index in [-0.39, 0.29) is 0 Å². The molecule has 2 aromatic carbocycles. The van der Waals surface area contributed by atoms with Crippen molar-refractivity contribution >= 4 is 34.3 Å². The largest absolute Gasteiger partial charge is 0.480 e. The molecule has 1 atom stereocenters. The third-order valence-corrected chi connectivity index (χ3v) is 6.62. The van der Waals surface area contributed by atoms with Crippen molar-refractivity contribution in [3.63, 3.8) is 0 Å². The van der Waals surface area contributed by atoms with Crippen molar-refractivity contribution in [2.45, 2.75) is 25.4 Å². The zero-order chi connectivity index (χ0) is 23.9. The maximum atomic E-state index is 12.3. The van der Waals surface area contributed by atoms with Crippen LogP contribution in [0.4, 0.5) is 5.69 Å². The third-order valence-electron chi connectivity index (χ3n) is 5.98. The van der Waals surface area contributed by atoms with Crippen LogP contribution in [0.25, 0.3) is 10.9 Å². The fraction of sp³-hybridized carbons (Fsp3) is 0.269. The van der Waals surface area contributed by atoms with Crippen molar-refractivity contribution in [3.05, 3.63) is 84.1 Å². The second-order valence-corrected chi connectivity index (χ2v) is 9.11. The molecular formula is C26H27N5O2S. The van der Waals surface area contributed by atoms with Gasteiger partial charge in [0, 0.05) is 48.5 Å². The smallest absolute Gasteiger partial charge is 0.326 e. The van der Waals surface area contributed by atoms with E-state index in [1.807, 2.05) is 72.1 Å². The van der Waals surface area contributed by atoms with E-state index in [1.165, 1.54) is 0 Å². The van der Waals surface area contributed by atoms with Gasteiger partial charge in [-0.15, -0.1) is 0 Å². The fourth-order valence-electron chi connectivity index (χ4n) is 4.20. The van der Waals surface area contributed by atoms with Crippen LogP contribution in [0, 0.1) is 11.3 Å². The minimum absolute atomic E-state index is 0.548. The number of hydrogen-bond donors (Lipinski definition) is 2. The first kappa shape index (κ1) is 23.5. The molecule has 0 radical (unpaired) electrons. The summed E-state index contributed by atoms with van der Waals surface area (Å²) >= 11 is 1.66. The van der Waals surface area contributed by atoms with Crippen LogP contribution in [0.2, 0.25) is 0 Å². The first-order chi connectivity index (χ1) is 16.6. The van der Waals surface area contributed by atoms with Gasteiger partial charge in [0.2, 0.25) is 0 Å². The highest BCUT2D eigenvalue weighted by molar-refractivity contribution is 7.98. The first-order valence-electron chi connectivity index (χ1n) is 11.1. The van der Waals surface area contributed by atoms with Crippen LogP contribution in [0.3, 0.4) is 0 Å². The molecular weight excluding hydrogens is 446 g/mol. The van der Waals surface area contributed by atoms with Crippen LogP contribution in [-0.4, -0.2) is 50.2 Å². The van der Waals surface area contributed by atoms with Crippen LogP contribution in [-0.2, 0) is 17.8 Å². The molecule has 7 nitrogen and oxygen atoms in total. The zero-order valence-electron chi connectivity index (χ0n) is 19.0. The Morgan fingerprint density at radius 1 is 1.26 bits per heavy atom. The molecule has 0 bridgehead atoms. The SMILES string of the molecule is CSCC[C@@H](C(=O)O)N(CCc1cncn1Cc1ccc(C#N)cc1)c1c[nH]c2ccccc12. The van der Waals surface area contributed by atoms with Gasteiger partial charge in [0.1, 0.15) is 6.04 Å². The fourth-order valence-corrected chi connectivity index (χ4v) is 4.65. The minimum atomic E-state index is -0.814. The van der Waals surface area contributed by atoms with Crippen molar-refractivity contribution in [1.82, 2.24) is 14.5 Å². The molecule has 0 saturated heterocycles. The Kier molecular flexibility index (Phi) is 7.55. The molecule has 174 valence electrons. The van der Waals surface area contributed by atoms with Crippen LogP contribution in [0.15, 0.2) is 67.3 Å². The number of para-hydroxylation sites is 1. The lowest BCUT2D eigenvalue weighted by atomic mass is 10.1. The van der Waals surface area contributed by atoms with E-state index >= 15 is 0 Å². The highest BCUT2D eigenvalue weighted by Gasteiger charge is 2.27. The summed E-state index contributed by atoms with van der Waals surface area (Å²) in [7, 11) is 0. The summed E-state index contributed by atoms with van der Waals surface area (Å²) in [6.45, 7) is 1.19. The summed E-state index contributed by atoms with van der Waals surface area (Å²) in [6.07, 6.45) is 8.75. The Labute approximate surface area is 203 Å². The molecule has 0 spiro atoms. The Hall–Kier alpha value is -3.70. The quantitative estimate of drug-likeness (QED) is 0.332. The third kappa shape index (κ3) is 5.26. The second-order valence-electron chi connectivity index (χ2n) is 8.12. The second kappa shape index (κ2) is 10.9. The number of nitrogens with zero attached hydrogens (tertiary/aromatic N) is 4. The monoisotopic (exact) mass is 473 g/mol. The first-order valence-corrected chi connectivity index (χ1v) is 12.5. The Bertz CT molecular complexity index is 1290. The van der Waals surface area contributed by atoms with E-state index in [1.54, 1.807) is 18.1 Å². The van der Waals surface area contributed by atoms with E-state index in [4.69, 9.17) is 5.26 Å². The number of thioether (sulfide) groups is 1. The predicted octanol–water partition coefficient (Wildman–Crippen LogP) is 4.54. The number of rotatable bonds is 11. The molecule has 0 fully saturated rings. The number of H-pyrrole nitrogens is 1. The number of carboxylic acid groups (broad SMARTS) is 1. The standard InChI is InChI=1S/C26H27N5O2S/c1-34-13-11-24(26(32)33)31(25-16-29-23-5-3-2-4-22(23)25)12-10-21-15-28-18-30(21)17-20-8-6-19(14-27)7-9-20/h2-9,15-16,18,24,29H,10-13,17H2,1H3,(H,32,33)/t24-/m0/s1. The van der Waals surface area contributed by atoms with E-state index in [2.05, 4.69) is 20.6 Å². The normalized spacial score (nSPS) is 11.9.